The van der Waals surface area contributed by atoms with Crippen molar-refractivity contribution in [3.05, 3.63) is 53.6 Å². The van der Waals surface area contributed by atoms with Gasteiger partial charge in [-0.25, -0.2) is 9.37 Å². The Hall–Kier alpha value is -3.70. The molecule has 0 saturated heterocycles. The Bertz CT molecular complexity index is 1310. The number of benzene rings is 1. The molecule has 0 bridgehead atoms. The van der Waals surface area contributed by atoms with E-state index in [9.17, 15) is 14.4 Å². The standard InChI is InChI=1S/C26H27FN4O3/c1-26(2,3)34-23(32)15-31-9-7-16(8-10-31)21-12-20-24(17(13-28)14-29-25(20)30-21)19-11-18(27)5-6-22(19)33-4/h5-7,11-12,14H,8-10,15H2,1-4H3,(H,29,30). The number of ether oxygens (including phenoxy) is 2. The van der Waals surface area contributed by atoms with Crippen molar-refractivity contribution in [2.24, 2.45) is 0 Å². The van der Waals surface area contributed by atoms with Crippen molar-refractivity contribution < 1.29 is 18.7 Å². The number of aromatic nitrogens is 2. The molecule has 3 aromatic rings. The fraction of sp³-hybridized carbons (Fsp3) is 0.346. The third-order valence-electron chi connectivity index (χ3n) is 5.62. The van der Waals surface area contributed by atoms with Gasteiger partial charge in [-0.1, -0.05) is 6.08 Å². The van der Waals surface area contributed by atoms with Crippen LogP contribution in [0.15, 0.2) is 36.5 Å². The van der Waals surface area contributed by atoms with Crippen molar-refractivity contribution >= 4 is 22.6 Å². The van der Waals surface area contributed by atoms with Crippen LogP contribution in [0.3, 0.4) is 0 Å². The zero-order chi connectivity index (χ0) is 24.5. The van der Waals surface area contributed by atoms with Crippen LogP contribution < -0.4 is 4.74 Å². The van der Waals surface area contributed by atoms with Gasteiger partial charge < -0.3 is 14.5 Å². The number of nitrogens with one attached hydrogen (secondary N) is 1. The van der Waals surface area contributed by atoms with Crippen LogP contribution in [-0.2, 0) is 9.53 Å². The van der Waals surface area contributed by atoms with Crippen molar-refractivity contribution in [2.45, 2.75) is 32.8 Å². The number of H-pyrrole nitrogens is 1. The van der Waals surface area contributed by atoms with Crippen LogP contribution in [0.25, 0.3) is 27.7 Å². The smallest absolute Gasteiger partial charge is 0.320 e. The normalized spacial score (nSPS) is 14.5. The zero-order valence-electron chi connectivity index (χ0n) is 19.7. The van der Waals surface area contributed by atoms with Gasteiger partial charge in [0.05, 0.1) is 19.2 Å². The summed E-state index contributed by atoms with van der Waals surface area (Å²) >= 11 is 0. The number of halogens is 1. The first kappa shape index (κ1) is 23.5. The quantitative estimate of drug-likeness (QED) is 0.554. The number of fused-ring (bicyclic) bond motifs is 1. The Kier molecular flexibility index (Phi) is 6.40. The number of hydrogen-bond acceptors (Lipinski definition) is 6. The first-order valence-electron chi connectivity index (χ1n) is 11.1. The maximum Gasteiger partial charge on any atom is 0.320 e. The molecule has 1 aliphatic rings. The summed E-state index contributed by atoms with van der Waals surface area (Å²) < 4.78 is 25.0. The average molecular weight is 463 g/mol. The zero-order valence-corrected chi connectivity index (χ0v) is 19.7. The van der Waals surface area contributed by atoms with Crippen molar-refractivity contribution in [3.8, 4) is 22.9 Å². The van der Waals surface area contributed by atoms with Crippen LogP contribution >= 0.6 is 0 Å². The van der Waals surface area contributed by atoms with E-state index in [0.29, 0.717) is 41.2 Å². The SMILES string of the molecule is COc1ccc(F)cc1-c1c(C#N)cnc2[nH]c(C3=CCN(CC(=O)OC(C)(C)C)CC3)cc12. The third-order valence-corrected chi connectivity index (χ3v) is 5.62. The van der Waals surface area contributed by atoms with Gasteiger partial charge in [-0.2, -0.15) is 5.26 Å². The Balaban J connectivity index is 1.65. The first-order chi connectivity index (χ1) is 16.2. The summed E-state index contributed by atoms with van der Waals surface area (Å²) in [7, 11) is 1.51. The van der Waals surface area contributed by atoms with Gasteiger partial charge in [0.2, 0.25) is 0 Å². The molecule has 176 valence electrons. The number of esters is 1. The Labute approximate surface area is 197 Å². The number of aromatic amines is 1. The van der Waals surface area contributed by atoms with Crippen LogP contribution in [-0.4, -0.2) is 53.2 Å². The van der Waals surface area contributed by atoms with Gasteiger partial charge in [-0.05, 0) is 57.0 Å². The van der Waals surface area contributed by atoms with E-state index in [1.54, 1.807) is 6.07 Å². The molecule has 0 saturated carbocycles. The molecule has 0 radical (unpaired) electrons. The molecule has 0 atom stereocenters. The molecule has 0 spiro atoms. The highest BCUT2D eigenvalue weighted by atomic mass is 19.1. The predicted molar refractivity (Wildman–Crippen MR) is 128 cm³/mol. The number of methoxy groups -OCH3 is 1. The summed E-state index contributed by atoms with van der Waals surface area (Å²) in [4.78, 5) is 21.9. The summed E-state index contributed by atoms with van der Waals surface area (Å²) in [6, 6.07) is 8.35. The molecule has 8 heteroatoms. The third kappa shape index (κ3) is 4.95. The lowest BCUT2D eigenvalue weighted by Gasteiger charge is -2.27. The second-order valence-corrected chi connectivity index (χ2v) is 9.25. The lowest BCUT2D eigenvalue weighted by atomic mass is 9.97. The molecule has 3 heterocycles. The number of nitrogens with zero attached hydrogens (tertiary/aromatic N) is 3. The van der Waals surface area contributed by atoms with E-state index in [2.05, 4.69) is 22.1 Å². The minimum atomic E-state index is -0.504. The summed E-state index contributed by atoms with van der Waals surface area (Å²) in [5.74, 6) is -0.180. The Morgan fingerprint density at radius 2 is 2.12 bits per heavy atom. The molecule has 7 nitrogen and oxygen atoms in total. The number of pyridine rings is 1. The summed E-state index contributed by atoms with van der Waals surface area (Å²) in [6.45, 7) is 7.13. The topological polar surface area (TPSA) is 91.2 Å². The van der Waals surface area contributed by atoms with Crippen LogP contribution in [0.4, 0.5) is 4.39 Å². The van der Waals surface area contributed by atoms with Crippen LogP contribution in [0, 0.1) is 17.1 Å². The minimum absolute atomic E-state index is 0.239. The fourth-order valence-corrected chi connectivity index (χ4v) is 4.15. The molecular weight excluding hydrogens is 435 g/mol. The predicted octanol–water partition coefficient (Wildman–Crippen LogP) is 4.68. The molecule has 2 aromatic heterocycles. The average Bonchev–Trinajstić information content (AvgIpc) is 3.21. The van der Waals surface area contributed by atoms with E-state index < -0.39 is 11.4 Å². The molecule has 1 aromatic carbocycles. The molecule has 0 amide bonds. The fourth-order valence-electron chi connectivity index (χ4n) is 4.15. The molecule has 0 aliphatic carbocycles. The van der Waals surface area contributed by atoms with E-state index in [1.807, 2.05) is 31.7 Å². The Morgan fingerprint density at radius 3 is 2.76 bits per heavy atom. The largest absolute Gasteiger partial charge is 0.496 e. The molecule has 4 rings (SSSR count). The van der Waals surface area contributed by atoms with Gasteiger partial charge in [0.25, 0.3) is 0 Å². The number of carbonyl (C=O) groups excluding carboxylic acids is 1. The molecule has 0 fully saturated rings. The molecule has 0 unspecified atom stereocenters. The highest BCUT2D eigenvalue weighted by molar-refractivity contribution is 5.99. The van der Waals surface area contributed by atoms with Crippen molar-refractivity contribution in [1.82, 2.24) is 14.9 Å². The minimum Gasteiger partial charge on any atom is -0.496 e. The van der Waals surface area contributed by atoms with Gasteiger partial charge >= 0.3 is 5.97 Å². The lowest BCUT2D eigenvalue weighted by molar-refractivity contribution is -0.156. The number of hydrogen-bond donors (Lipinski definition) is 1. The van der Waals surface area contributed by atoms with Crippen LogP contribution in [0.2, 0.25) is 0 Å². The van der Waals surface area contributed by atoms with E-state index in [0.717, 1.165) is 23.1 Å². The van der Waals surface area contributed by atoms with Crippen LogP contribution in [0.5, 0.6) is 5.75 Å². The summed E-state index contributed by atoms with van der Waals surface area (Å²) in [6.07, 6.45) is 4.30. The number of carbonyl (C=O) groups is 1. The molecule has 1 aliphatic heterocycles. The van der Waals surface area contributed by atoms with Gasteiger partial charge in [0.15, 0.2) is 0 Å². The van der Waals surface area contributed by atoms with Gasteiger partial charge in [0, 0.05) is 41.5 Å². The van der Waals surface area contributed by atoms with E-state index >= 15 is 0 Å². The number of nitriles is 1. The highest BCUT2D eigenvalue weighted by Crippen LogP contribution is 2.38. The molecule has 1 N–H and O–H groups in total. The maximum atomic E-state index is 14.1. The van der Waals surface area contributed by atoms with E-state index in [4.69, 9.17) is 9.47 Å². The van der Waals surface area contributed by atoms with Gasteiger partial charge in [0.1, 0.15) is 28.9 Å². The van der Waals surface area contributed by atoms with Crippen molar-refractivity contribution in [2.75, 3.05) is 26.7 Å². The molecular formula is C26H27FN4O3. The monoisotopic (exact) mass is 462 g/mol. The first-order valence-corrected chi connectivity index (χ1v) is 11.1. The van der Waals surface area contributed by atoms with Crippen LogP contribution in [0.1, 0.15) is 38.4 Å². The number of rotatable bonds is 5. The van der Waals surface area contributed by atoms with Crippen molar-refractivity contribution in [1.29, 1.82) is 5.26 Å². The summed E-state index contributed by atoms with van der Waals surface area (Å²) in [5, 5.41) is 10.4. The maximum absolute atomic E-state index is 14.1. The highest BCUT2D eigenvalue weighted by Gasteiger charge is 2.23. The van der Waals surface area contributed by atoms with Gasteiger partial charge in [-0.3, -0.25) is 9.69 Å². The van der Waals surface area contributed by atoms with E-state index in [1.165, 1.54) is 25.4 Å². The second-order valence-electron chi connectivity index (χ2n) is 9.25. The van der Waals surface area contributed by atoms with E-state index in [-0.39, 0.29) is 12.5 Å². The second kappa shape index (κ2) is 9.27. The van der Waals surface area contributed by atoms with Gasteiger partial charge in [-0.15, -0.1) is 0 Å². The van der Waals surface area contributed by atoms with Crippen molar-refractivity contribution in [3.63, 3.8) is 0 Å². The Morgan fingerprint density at radius 1 is 1.32 bits per heavy atom. The molecule has 34 heavy (non-hydrogen) atoms. The summed E-state index contributed by atoms with van der Waals surface area (Å²) in [5.41, 5.74) is 3.48. The lowest BCUT2D eigenvalue weighted by Crippen LogP contribution is -2.37.